The summed E-state index contributed by atoms with van der Waals surface area (Å²) >= 11 is 1.62. The highest BCUT2D eigenvalue weighted by atomic mass is 32.2. The van der Waals surface area contributed by atoms with E-state index in [2.05, 4.69) is 33.8 Å². The van der Waals surface area contributed by atoms with Crippen LogP contribution in [-0.2, 0) is 6.54 Å². The van der Waals surface area contributed by atoms with Crippen molar-refractivity contribution in [1.29, 1.82) is 0 Å². The molecule has 1 amide bonds. The quantitative estimate of drug-likeness (QED) is 0.576. The minimum Gasteiger partial charge on any atom is -0.338 e. The van der Waals surface area contributed by atoms with Gasteiger partial charge in [-0.1, -0.05) is 60.3 Å². The van der Waals surface area contributed by atoms with E-state index >= 15 is 0 Å². The first-order valence-corrected chi connectivity index (χ1v) is 11.4. The van der Waals surface area contributed by atoms with Crippen molar-refractivity contribution in [2.45, 2.75) is 37.4 Å². The number of aromatic nitrogens is 3. The van der Waals surface area contributed by atoms with E-state index in [1.54, 1.807) is 11.8 Å². The maximum atomic E-state index is 13.5. The average Bonchev–Trinajstić information content (AvgIpc) is 3.22. The molecule has 150 valence electrons. The molecule has 0 N–H and O–H groups in total. The number of carbonyl (C=O) groups excluding carboxylic acids is 1. The van der Waals surface area contributed by atoms with Crippen LogP contribution in [0.25, 0.3) is 11.1 Å². The fraction of sp³-hybridized carbons (Fsp3) is 0.348. The molecule has 29 heavy (non-hydrogen) atoms. The third-order valence-corrected chi connectivity index (χ3v) is 6.23. The van der Waals surface area contributed by atoms with Crippen LogP contribution < -0.4 is 0 Å². The zero-order valence-corrected chi connectivity index (χ0v) is 17.7. The van der Waals surface area contributed by atoms with Gasteiger partial charge in [-0.3, -0.25) is 4.79 Å². The number of hydrogen-bond acceptors (Lipinski definition) is 4. The Balaban J connectivity index is 1.60. The molecule has 0 bridgehead atoms. The Labute approximate surface area is 176 Å². The summed E-state index contributed by atoms with van der Waals surface area (Å²) in [6, 6.07) is 18.0. The molecule has 5 nitrogen and oxygen atoms in total. The van der Waals surface area contributed by atoms with Crippen molar-refractivity contribution in [3.8, 4) is 11.1 Å². The predicted molar refractivity (Wildman–Crippen MR) is 117 cm³/mol. The number of rotatable bonds is 5. The van der Waals surface area contributed by atoms with E-state index in [0.717, 1.165) is 53.6 Å². The van der Waals surface area contributed by atoms with Crippen LogP contribution in [0, 0.1) is 0 Å². The number of nitrogens with zero attached hydrogens (tertiary/aromatic N) is 4. The topological polar surface area (TPSA) is 51.0 Å². The summed E-state index contributed by atoms with van der Waals surface area (Å²) in [5.74, 6) is 1.33. The van der Waals surface area contributed by atoms with Crippen molar-refractivity contribution in [2.75, 3.05) is 19.3 Å². The molecular weight excluding hydrogens is 380 g/mol. The fourth-order valence-corrected chi connectivity index (χ4v) is 4.70. The molecule has 1 fully saturated rings. The summed E-state index contributed by atoms with van der Waals surface area (Å²) in [6.45, 7) is 4.44. The van der Waals surface area contributed by atoms with Gasteiger partial charge in [0.05, 0.1) is 0 Å². The Kier molecular flexibility index (Phi) is 6.00. The van der Waals surface area contributed by atoms with Crippen LogP contribution in [0.4, 0.5) is 0 Å². The maximum Gasteiger partial charge on any atom is 0.254 e. The van der Waals surface area contributed by atoms with Crippen LogP contribution in [0.5, 0.6) is 0 Å². The number of carbonyl (C=O) groups is 1. The Morgan fingerprint density at radius 3 is 2.62 bits per heavy atom. The molecule has 1 aromatic heterocycles. The smallest absolute Gasteiger partial charge is 0.254 e. The van der Waals surface area contributed by atoms with E-state index in [0.29, 0.717) is 6.54 Å². The third kappa shape index (κ3) is 3.94. The van der Waals surface area contributed by atoms with Crippen LogP contribution >= 0.6 is 11.8 Å². The second-order valence-corrected chi connectivity index (χ2v) is 8.06. The summed E-state index contributed by atoms with van der Waals surface area (Å²) in [4.78, 5) is 15.5. The summed E-state index contributed by atoms with van der Waals surface area (Å²) < 4.78 is 2.18. The molecule has 4 rings (SSSR count). The first-order valence-electron chi connectivity index (χ1n) is 10.1. The number of benzene rings is 2. The van der Waals surface area contributed by atoms with Crippen LogP contribution in [-0.4, -0.2) is 44.9 Å². The lowest BCUT2D eigenvalue weighted by molar-refractivity contribution is 0.0704. The van der Waals surface area contributed by atoms with Crippen molar-refractivity contribution < 1.29 is 4.79 Å². The molecule has 3 aromatic rings. The standard InChI is InChI=1S/C23H26N4OS/c1-3-27-21(24-25-23(27)29-2)18-12-9-15-26(16-18)22(28)20-14-8-7-13-19(20)17-10-5-4-6-11-17/h4-8,10-11,13-14,18H,3,9,12,15-16H2,1-2H3/t18-/m0/s1. The van der Waals surface area contributed by atoms with E-state index < -0.39 is 0 Å². The van der Waals surface area contributed by atoms with E-state index in [1.165, 1.54) is 0 Å². The summed E-state index contributed by atoms with van der Waals surface area (Å²) in [7, 11) is 0. The first-order chi connectivity index (χ1) is 14.2. The lowest BCUT2D eigenvalue weighted by atomic mass is 9.94. The second-order valence-electron chi connectivity index (χ2n) is 7.29. The van der Waals surface area contributed by atoms with Crippen molar-refractivity contribution in [3.63, 3.8) is 0 Å². The summed E-state index contributed by atoms with van der Waals surface area (Å²) in [6.07, 6.45) is 4.04. The zero-order chi connectivity index (χ0) is 20.2. The highest BCUT2D eigenvalue weighted by Crippen LogP contribution is 2.30. The molecule has 1 saturated heterocycles. The summed E-state index contributed by atoms with van der Waals surface area (Å²) in [5, 5.41) is 9.75. The van der Waals surface area contributed by atoms with Crippen molar-refractivity contribution in [2.24, 2.45) is 0 Å². The second kappa shape index (κ2) is 8.82. The van der Waals surface area contributed by atoms with Crippen molar-refractivity contribution >= 4 is 17.7 Å². The molecule has 1 aliphatic rings. The fourth-order valence-electron chi connectivity index (χ4n) is 4.13. The van der Waals surface area contributed by atoms with Gasteiger partial charge < -0.3 is 9.47 Å². The molecule has 0 saturated carbocycles. The van der Waals surface area contributed by atoms with Gasteiger partial charge in [-0.2, -0.15) is 0 Å². The maximum absolute atomic E-state index is 13.5. The van der Waals surface area contributed by atoms with Crippen molar-refractivity contribution in [3.05, 3.63) is 66.0 Å². The van der Waals surface area contributed by atoms with Gasteiger partial charge in [-0.25, -0.2) is 0 Å². The number of hydrogen-bond donors (Lipinski definition) is 0. The van der Waals surface area contributed by atoms with Crippen LogP contribution in [0.2, 0.25) is 0 Å². The van der Waals surface area contributed by atoms with Crippen LogP contribution in [0.15, 0.2) is 59.8 Å². The molecule has 1 aliphatic heterocycles. The highest BCUT2D eigenvalue weighted by Gasteiger charge is 2.30. The van der Waals surface area contributed by atoms with E-state index in [9.17, 15) is 4.79 Å². The number of thioether (sulfide) groups is 1. The molecule has 0 spiro atoms. The van der Waals surface area contributed by atoms with Crippen molar-refractivity contribution in [1.82, 2.24) is 19.7 Å². The van der Waals surface area contributed by atoms with Gasteiger partial charge in [-0.05, 0) is 43.2 Å². The molecule has 0 unspecified atom stereocenters. The van der Waals surface area contributed by atoms with Crippen LogP contribution in [0.1, 0.15) is 41.9 Å². The lowest BCUT2D eigenvalue weighted by Gasteiger charge is -2.33. The molecule has 2 heterocycles. The molecule has 1 atom stereocenters. The summed E-state index contributed by atoms with van der Waals surface area (Å²) in [5.41, 5.74) is 2.82. The molecule has 2 aromatic carbocycles. The number of likely N-dealkylation sites (tertiary alicyclic amines) is 1. The molecule has 0 aliphatic carbocycles. The molecular formula is C23H26N4OS. The van der Waals surface area contributed by atoms with Crippen LogP contribution in [0.3, 0.4) is 0 Å². The van der Waals surface area contributed by atoms with Gasteiger partial charge in [0.25, 0.3) is 5.91 Å². The number of piperidine rings is 1. The minimum atomic E-state index is 0.0989. The zero-order valence-electron chi connectivity index (χ0n) is 16.9. The van der Waals surface area contributed by atoms with Gasteiger partial charge in [0.2, 0.25) is 0 Å². The Morgan fingerprint density at radius 1 is 1.10 bits per heavy atom. The highest BCUT2D eigenvalue weighted by molar-refractivity contribution is 7.98. The Morgan fingerprint density at radius 2 is 1.86 bits per heavy atom. The Bertz CT molecular complexity index is 986. The number of amides is 1. The monoisotopic (exact) mass is 406 g/mol. The van der Waals surface area contributed by atoms with E-state index in [4.69, 9.17) is 0 Å². The van der Waals surface area contributed by atoms with Gasteiger partial charge in [-0.15, -0.1) is 10.2 Å². The predicted octanol–water partition coefficient (Wildman–Crippen LogP) is 4.71. The molecule has 6 heteroatoms. The van der Waals surface area contributed by atoms with E-state index in [1.807, 2.05) is 53.6 Å². The largest absolute Gasteiger partial charge is 0.338 e. The minimum absolute atomic E-state index is 0.0989. The normalized spacial score (nSPS) is 16.8. The van der Waals surface area contributed by atoms with Gasteiger partial charge in [0.15, 0.2) is 5.16 Å². The lowest BCUT2D eigenvalue weighted by Crippen LogP contribution is -2.40. The van der Waals surface area contributed by atoms with E-state index in [-0.39, 0.29) is 11.8 Å². The molecule has 0 radical (unpaired) electrons. The third-order valence-electron chi connectivity index (χ3n) is 5.56. The van der Waals surface area contributed by atoms with Gasteiger partial charge >= 0.3 is 0 Å². The SMILES string of the molecule is CCn1c(SC)nnc1[C@H]1CCCN(C(=O)c2ccccc2-c2ccccc2)C1. The van der Waals surface area contributed by atoms with Gasteiger partial charge in [0, 0.05) is 31.1 Å². The Hall–Kier alpha value is -2.60. The van der Waals surface area contributed by atoms with Gasteiger partial charge in [0.1, 0.15) is 5.82 Å². The average molecular weight is 407 g/mol. The first kappa shape index (κ1) is 19.7.